The van der Waals surface area contributed by atoms with Crippen LogP contribution in [0.5, 0.6) is 0 Å². The Morgan fingerprint density at radius 3 is 2.39 bits per heavy atom. The van der Waals surface area contributed by atoms with Crippen LogP contribution < -0.4 is 0 Å². The van der Waals surface area contributed by atoms with Gasteiger partial charge in [-0.3, -0.25) is 0 Å². The van der Waals surface area contributed by atoms with Gasteiger partial charge in [0.05, 0.1) is 22.3 Å². The minimum atomic E-state index is -3.48. The number of hydrogen-bond donors (Lipinski definition) is 0. The van der Waals surface area contributed by atoms with Gasteiger partial charge in [-0.2, -0.15) is 5.26 Å². The Labute approximate surface area is 173 Å². The Morgan fingerprint density at radius 1 is 1.04 bits per heavy atom. The third kappa shape index (κ3) is 5.84. The van der Waals surface area contributed by atoms with E-state index in [0.717, 1.165) is 35.7 Å². The predicted molar refractivity (Wildman–Crippen MR) is 116 cm³/mol. The first-order chi connectivity index (χ1) is 13.3. The molecule has 0 aliphatic rings. The molecule has 0 N–H and O–H groups in total. The van der Waals surface area contributed by atoms with Crippen molar-refractivity contribution in [2.45, 2.75) is 48.8 Å². The summed E-state index contributed by atoms with van der Waals surface area (Å²) in [5.74, 6) is 0.0821. The van der Waals surface area contributed by atoms with Gasteiger partial charge < -0.3 is 4.90 Å². The molecule has 0 amide bonds. The second kappa shape index (κ2) is 10.1. The molecular formula is C22H28N2O2S2. The lowest BCUT2D eigenvalue weighted by Crippen LogP contribution is -2.25. The van der Waals surface area contributed by atoms with Crippen LogP contribution in [0.25, 0.3) is 0 Å². The third-order valence-electron chi connectivity index (χ3n) is 4.75. The van der Waals surface area contributed by atoms with Gasteiger partial charge in [0.25, 0.3) is 0 Å². The van der Waals surface area contributed by atoms with Crippen molar-refractivity contribution in [1.29, 1.82) is 5.26 Å². The van der Waals surface area contributed by atoms with E-state index in [1.165, 1.54) is 17.8 Å². The largest absolute Gasteiger partial charge is 0.304 e. The van der Waals surface area contributed by atoms with Crippen molar-refractivity contribution in [1.82, 2.24) is 4.90 Å². The minimum absolute atomic E-state index is 0.0821. The lowest BCUT2D eigenvalue weighted by molar-refractivity contribution is 0.305. The normalized spacial score (nSPS) is 11.6. The Hall–Kier alpha value is -1.81. The van der Waals surface area contributed by atoms with Gasteiger partial charge in [0, 0.05) is 9.79 Å². The fraction of sp³-hybridized carbons (Fsp3) is 0.409. The molecular weight excluding hydrogens is 388 g/mol. The highest BCUT2D eigenvalue weighted by atomic mass is 32.2. The minimum Gasteiger partial charge on any atom is -0.304 e. The topological polar surface area (TPSA) is 61.2 Å². The number of nitrogens with zero attached hydrogens (tertiary/aromatic N) is 2. The summed E-state index contributed by atoms with van der Waals surface area (Å²) in [6.45, 7) is 10.8. The number of rotatable bonds is 9. The van der Waals surface area contributed by atoms with E-state index < -0.39 is 9.84 Å². The molecule has 0 spiro atoms. The summed E-state index contributed by atoms with van der Waals surface area (Å²) < 4.78 is 26.2. The van der Waals surface area contributed by atoms with Crippen LogP contribution >= 0.6 is 11.8 Å². The molecule has 2 aromatic carbocycles. The zero-order valence-corrected chi connectivity index (χ0v) is 18.7. The molecule has 28 heavy (non-hydrogen) atoms. The maximum atomic E-state index is 13.1. The highest BCUT2D eigenvalue weighted by Gasteiger charge is 2.21. The summed E-state index contributed by atoms with van der Waals surface area (Å²) in [5.41, 5.74) is 2.60. The average molecular weight is 417 g/mol. The molecule has 0 unspecified atom stereocenters. The smallest absolute Gasteiger partial charge is 0.179 e. The van der Waals surface area contributed by atoms with E-state index in [4.69, 9.17) is 0 Å². The molecule has 0 atom stereocenters. The second-order valence-electron chi connectivity index (χ2n) is 6.84. The van der Waals surface area contributed by atoms with Gasteiger partial charge in [0.15, 0.2) is 9.84 Å². The maximum absolute atomic E-state index is 13.1. The van der Waals surface area contributed by atoms with E-state index >= 15 is 0 Å². The Balaban J connectivity index is 2.33. The molecule has 0 aliphatic heterocycles. The number of nitriles is 1. The molecule has 4 nitrogen and oxygen atoms in total. The van der Waals surface area contributed by atoms with Crippen LogP contribution in [0.15, 0.2) is 51.1 Å². The van der Waals surface area contributed by atoms with Gasteiger partial charge in [0.2, 0.25) is 0 Å². The van der Waals surface area contributed by atoms with Crippen molar-refractivity contribution in [3.63, 3.8) is 0 Å². The SMILES string of the molecule is CCN(CC)CCCS(=O)(=O)c1cc(C#N)ccc1Sc1cc(C)ccc1C. The van der Waals surface area contributed by atoms with Gasteiger partial charge in [0.1, 0.15) is 0 Å². The van der Waals surface area contributed by atoms with Crippen molar-refractivity contribution in [3.8, 4) is 6.07 Å². The maximum Gasteiger partial charge on any atom is 0.179 e. The van der Waals surface area contributed by atoms with E-state index in [2.05, 4.69) is 30.9 Å². The van der Waals surface area contributed by atoms with Crippen molar-refractivity contribution in [3.05, 3.63) is 53.1 Å². The number of benzene rings is 2. The first kappa shape index (κ1) is 22.5. The van der Waals surface area contributed by atoms with E-state index in [-0.39, 0.29) is 10.6 Å². The number of sulfone groups is 1. The summed E-state index contributed by atoms with van der Waals surface area (Å²) in [4.78, 5) is 4.18. The fourth-order valence-corrected chi connectivity index (χ4v) is 5.89. The third-order valence-corrected chi connectivity index (χ3v) is 7.95. The molecule has 2 rings (SSSR count). The van der Waals surface area contributed by atoms with Crippen LogP contribution in [-0.2, 0) is 9.84 Å². The predicted octanol–water partition coefficient (Wildman–Crippen LogP) is 4.83. The van der Waals surface area contributed by atoms with Gasteiger partial charge in [-0.1, -0.05) is 37.7 Å². The number of hydrogen-bond acceptors (Lipinski definition) is 5. The van der Waals surface area contributed by atoms with Gasteiger partial charge in [-0.25, -0.2) is 8.42 Å². The lowest BCUT2D eigenvalue weighted by atomic mass is 10.2. The zero-order chi connectivity index (χ0) is 20.7. The summed E-state index contributed by atoms with van der Waals surface area (Å²) in [6.07, 6.45) is 0.578. The lowest BCUT2D eigenvalue weighted by Gasteiger charge is -2.18. The van der Waals surface area contributed by atoms with Crippen molar-refractivity contribution >= 4 is 21.6 Å². The molecule has 150 valence electrons. The monoisotopic (exact) mass is 416 g/mol. The van der Waals surface area contributed by atoms with Crippen LogP contribution in [0.2, 0.25) is 0 Å². The highest BCUT2D eigenvalue weighted by Crippen LogP contribution is 2.36. The summed E-state index contributed by atoms with van der Waals surface area (Å²) in [6, 6.07) is 13.2. The highest BCUT2D eigenvalue weighted by molar-refractivity contribution is 8.00. The Kier molecular flexibility index (Phi) is 8.11. The van der Waals surface area contributed by atoms with Crippen molar-refractivity contribution < 1.29 is 8.42 Å². The first-order valence-corrected chi connectivity index (χ1v) is 12.0. The Morgan fingerprint density at radius 2 is 1.75 bits per heavy atom. The molecule has 6 heteroatoms. The van der Waals surface area contributed by atoms with Crippen LogP contribution in [0.3, 0.4) is 0 Å². The molecule has 0 saturated carbocycles. The first-order valence-electron chi connectivity index (χ1n) is 9.55. The molecule has 2 aromatic rings. The summed E-state index contributed by atoms with van der Waals surface area (Å²) >= 11 is 1.45. The van der Waals surface area contributed by atoms with Crippen LogP contribution in [0.1, 0.15) is 37.0 Å². The van der Waals surface area contributed by atoms with Gasteiger partial charge >= 0.3 is 0 Å². The van der Waals surface area contributed by atoms with Gasteiger partial charge in [-0.05, 0) is 75.3 Å². The van der Waals surface area contributed by atoms with Gasteiger partial charge in [-0.15, -0.1) is 0 Å². The molecule has 0 aliphatic carbocycles. The van der Waals surface area contributed by atoms with E-state index in [1.54, 1.807) is 12.1 Å². The molecule has 0 radical (unpaired) electrons. The summed E-state index contributed by atoms with van der Waals surface area (Å²) in [5, 5.41) is 9.24. The molecule has 0 aromatic heterocycles. The Bertz CT molecular complexity index is 959. The van der Waals surface area contributed by atoms with Crippen molar-refractivity contribution in [2.75, 3.05) is 25.4 Å². The van der Waals surface area contributed by atoms with Crippen LogP contribution in [0, 0.1) is 25.2 Å². The molecule has 0 saturated heterocycles. The quantitative estimate of drug-likeness (QED) is 0.586. The van der Waals surface area contributed by atoms with E-state index in [1.807, 2.05) is 26.0 Å². The van der Waals surface area contributed by atoms with E-state index in [0.29, 0.717) is 16.9 Å². The van der Waals surface area contributed by atoms with E-state index in [9.17, 15) is 13.7 Å². The standard InChI is InChI=1S/C22H28N2O2S2/c1-5-24(6-2)12-7-13-28(25,26)22-15-19(16-23)10-11-20(22)27-21-14-17(3)8-9-18(21)4/h8-11,14-15H,5-7,12-13H2,1-4H3. The van der Waals surface area contributed by atoms with Crippen molar-refractivity contribution in [2.24, 2.45) is 0 Å². The second-order valence-corrected chi connectivity index (χ2v) is 10.0. The van der Waals surface area contributed by atoms with Crippen LogP contribution in [0.4, 0.5) is 0 Å². The number of aryl methyl sites for hydroxylation is 2. The fourth-order valence-electron chi connectivity index (χ4n) is 2.97. The molecule has 0 bridgehead atoms. The summed E-state index contributed by atoms with van der Waals surface area (Å²) in [7, 11) is -3.48. The molecule has 0 heterocycles. The van der Waals surface area contributed by atoms with Crippen LogP contribution in [-0.4, -0.2) is 38.7 Å². The zero-order valence-electron chi connectivity index (χ0n) is 17.0. The average Bonchev–Trinajstić information content (AvgIpc) is 2.68. The molecule has 0 fully saturated rings.